The van der Waals surface area contributed by atoms with E-state index >= 15 is 0 Å². The number of para-hydroxylation sites is 1. The van der Waals surface area contributed by atoms with Gasteiger partial charge in [-0.2, -0.15) is 0 Å². The summed E-state index contributed by atoms with van der Waals surface area (Å²) in [6, 6.07) is 9.74. The minimum absolute atomic E-state index is 0.340. The van der Waals surface area contributed by atoms with E-state index in [0.717, 1.165) is 16.5 Å². The summed E-state index contributed by atoms with van der Waals surface area (Å²) in [7, 11) is 0. The van der Waals surface area contributed by atoms with Crippen molar-refractivity contribution in [2.45, 2.75) is 13.5 Å². The summed E-state index contributed by atoms with van der Waals surface area (Å²) in [6.07, 6.45) is 1.74. The van der Waals surface area contributed by atoms with Gasteiger partial charge in [0.05, 0.1) is 5.52 Å². The highest BCUT2D eigenvalue weighted by Gasteiger charge is 2.11. The average molecular weight is 255 g/mol. The van der Waals surface area contributed by atoms with Gasteiger partial charge < -0.3 is 9.15 Å². The van der Waals surface area contributed by atoms with Crippen LogP contribution < -0.4 is 0 Å². The third-order valence-electron chi connectivity index (χ3n) is 2.78. The van der Waals surface area contributed by atoms with Gasteiger partial charge >= 0.3 is 0 Å². The van der Waals surface area contributed by atoms with E-state index in [9.17, 15) is 0 Å². The maximum Gasteiger partial charge on any atom is 0.248 e. The van der Waals surface area contributed by atoms with Crippen molar-refractivity contribution in [3.63, 3.8) is 0 Å². The van der Waals surface area contributed by atoms with Gasteiger partial charge in [-0.15, -0.1) is 10.2 Å². The number of ether oxygens (including phenoxy) is 1. The minimum Gasteiger partial charge on any atom is -0.418 e. The molecule has 0 bridgehead atoms. The van der Waals surface area contributed by atoms with Gasteiger partial charge in [-0.1, -0.05) is 18.2 Å². The second-order valence-corrected chi connectivity index (χ2v) is 4.01. The Morgan fingerprint density at radius 1 is 1.16 bits per heavy atom. The summed E-state index contributed by atoms with van der Waals surface area (Å²) in [5, 5.41) is 9.04. The van der Waals surface area contributed by atoms with Gasteiger partial charge in [-0.05, 0) is 19.1 Å². The molecule has 2 heterocycles. The first-order valence-corrected chi connectivity index (χ1v) is 6.12. The quantitative estimate of drug-likeness (QED) is 0.717. The van der Waals surface area contributed by atoms with Gasteiger partial charge in [0.2, 0.25) is 11.8 Å². The van der Waals surface area contributed by atoms with Crippen LogP contribution in [0, 0.1) is 0 Å². The van der Waals surface area contributed by atoms with Crippen LogP contribution in [0.3, 0.4) is 0 Å². The van der Waals surface area contributed by atoms with Crippen LogP contribution in [0.25, 0.3) is 22.4 Å². The van der Waals surface area contributed by atoms with Gasteiger partial charge in [0.25, 0.3) is 0 Å². The molecular weight excluding hydrogens is 242 g/mol. The number of pyridine rings is 1. The Morgan fingerprint density at radius 3 is 2.95 bits per heavy atom. The zero-order chi connectivity index (χ0) is 13.1. The van der Waals surface area contributed by atoms with Crippen molar-refractivity contribution in [2.24, 2.45) is 0 Å². The highest BCUT2D eigenvalue weighted by Crippen LogP contribution is 2.26. The molecule has 0 N–H and O–H groups in total. The molecular formula is C14H13N3O2. The monoisotopic (exact) mass is 255 g/mol. The first kappa shape index (κ1) is 11.8. The molecule has 3 aromatic rings. The molecule has 0 saturated carbocycles. The smallest absolute Gasteiger partial charge is 0.248 e. The third kappa shape index (κ3) is 2.32. The van der Waals surface area contributed by atoms with Crippen LogP contribution in [0.4, 0.5) is 0 Å². The SMILES string of the molecule is CCOCc1nnc(-c2ccnc3ccccc23)o1. The first-order valence-electron chi connectivity index (χ1n) is 6.12. The summed E-state index contributed by atoms with van der Waals surface area (Å²) in [5.41, 5.74) is 1.80. The zero-order valence-electron chi connectivity index (χ0n) is 10.5. The van der Waals surface area contributed by atoms with E-state index in [2.05, 4.69) is 15.2 Å². The number of benzene rings is 1. The molecule has 5 nitrogen and oxygen atoms in total. The third-order valence-corrected chi connectivity index (χ3v) is 2.78. The fraction of sp³-hybridized carbons (Fsp3) is 0.214. The van der Waals surface area contributed by atoms with Gasteiger partial charge in [0.1, 0.15) is 6.61 Å². The molecule has 0 atom stereocenters. The maximum atomic E-state index is 5.60. The normalized spacial score (nSPS) is 11.0. The molecule has 96 valence electrons. The number of fused-ring (bicyclic) bond motifs is 1. The molecule has 0 aliphatic rings. The lowest BCUT2D eigenvalue weighted by atomic mass is 10.1. The van der Waals surface area contributed by atoms with Gasteiger partial charge in [0, 0.05) is 23.8 Å². The summed E-state index contributed by atoms with van der Waals surface area (Å²) < 4.78 is 10.9. The van der Waals surface area contributed by atoms with Crippen LogP contribution in [-0.2, 0) is 11.3 Å². The van der Waals surface area contributed by atoms with Crippen LogP contribution in [-0.4, -0.2) is 21.8 Å². The van der Waals surface area contributed by atoms with E-state index < -0.39 is 0 Å². The van der Waals surface area contributed by atoms with E-state index in [0.29, 0.717) is 25.0 Å². The second kappa shape index (κ2) is 5.16. The Bertz CT molecular complexity index is 688. The Morgan fingerprint density at radius 2 is 2.05 bits per heavy atom. The number of hydrogen-bond donors (Lipinski definition) is 0. The van der Waals surface area contributed by atoms with Gasteiger partial charge in [-0.25, -0.2) is 0 Å². The molecule has 0 radical (unpaired) electrons. The largest absolute Gasteiger partial charge is 0.418 e. The molecule has 5 heteroatoms. The minimum atomic E-state index is 0.340. The van der Waals surface area contributed by atoms with Gasteiger partial charge in [-0.3, -0.25) is 4.98 Å². The maximum absolute atomic E-state index is 5.60. The van der Waals surface area contributed by atoms with E-state index in [1.54, 1.807) is 6.20 Å². The predicted molar refractivity (Wildman–Crippen MR) is 70.4 cm³/mol. The number of aromatic nitrogens is 3. The molecule has 0 fully saturated rings. The predicted octanol–water partition coefficient (Wildman–Crippen LogP) is 2.82. The fourth-order valence-electron chi connectivity index (χ4n) is 1.89. The van der Waals surface area contributed by atoms with E-state index in [1.807, 2.05) is 37.3 Å². The van der Waals surface area contributed by atoms with Crippen LogP contribution in [0.5, 0.6) is 0 Å². The molecule has 0 unspecified atom stereocenters. The molecule has 19 heavy (non-hydrogen) atoms. The van der Waals surface area contributed by atoms with Crippen molar-refractivity contribution in [2.75, 3.05) is 6.61 Å². The molecule has 0 saturated heterocycles. The van der Waals surface area contributed by atoms with Crippen molar-refractivity contribution in [3.8, 4) is 11.5 Å². The zero-order valence-corrected chi connectivity index (χ0v) is 10.5. The van der Waals surface area contributed by atoms with E-state index in [-0.39, 0.29) is 0 Å². The summed E-state index contributed by atoms with van der Waals surface area (Å²) in [5.74, 6) is 0.978. The Hall–Kier alpha value is -2.27. The molecule has 0 amide bonds. The lowest BCUT2D eigenvalue weighted by Crippen LogP contribution is -1.91. The van der Waals surface area contributed by atoms with Crippen molar-refractivity contribution in [1.82, 2.24) is 15.2 Å². The van der Waals surface area contributed by atoms with E-state index in [1.165, 1.54) is 0 Å². The van der Waals surface area contributed by atoms with Crippen molar-refractivity contribution >= 4 is 10.9 Å². The standard InChI is InChI=1S/C14H13N3O2/c1-2-18-9-13-16-17-14(19-13)11-7-8-15-12-6-4-3-5-10(11)12/h3-8H,2,9H2,1H3. The number of rotatable bonds is 4. The Labute approximate surface area is 110 Å². The summed E-state index contributed by atoms with van der Waals surface area (Å²) in [6.45, 7) is 2.88. The van der Waals surface area contributed by atoms with Gasteiger partial charge in [0.15, 0.2) is 0 Å². The average Bonchev–Trinajstić information content (AvgIpc) is 2.93. The molecule has 0 aliphatic heterocycles. The highest BCUT2D eigenvalue weighted by atomic mass is 16.5. The Balaban J connectivity index is 2.02. The summed E-state index contributed by atoms with van der Waals surface area (Å²) >= 11 is 0. The van der Waals surface area contributed by atoms with Crippen LogP contribution in [0.15, 0.2) is 40.9 Å². The molecule has 2 aromatic heterocycles. The fourth-order valence-corrected chi connectivity index (χ4v) is 1.89. The van der Waals surface area contributed by atoms with Crippen molar-refractivity contribution in [3.05, 3.63) is 42.4 Å². The Kier molecular flexibility index (Phi) is 3.20. The topological polar surface area (TPSA) is 61.0 Å². The molecule has 0 spiro atoms. The number of hydrogen-bond acceptors (Lipinski definition) is 5. The van der Waals surface area contributed by atoms with Crippen LogP contribution in [0.2, 0.25) is 0 Å². The second-order valence-electron chi connectivity index (χ2n) is 4.01. The lowest BCUT2D eigenvalue weighted by molar-refractivity contribution is 0.115. The van der Waals surface area contributed by atoms with Crippen LogP contribution in [0.1, 0.15) is 12.8 Å². The highest BCUT2D eigenvalue weighted by molar-refractivity contribution is 5.91. The first-order chi connectivity index (χ1) is 9.38. The molecule has 3 rings (SSSR count). The lowest BCUT2D eigenvalue weighted by Gasteiger charge is -2.01. The van der Waals surface area contributed by atoms with Crippen molar-refractivity contribution in [1.29, 1.82) is 0 Å². The molecule has 0 aliphatic carbocycles. The van der Waals surface area contributed by atoms with Crippen LogP contribution >= 0.6 is 0 Å². The summed E-state index contributed by atoms with van der Waals surface area (Å²) in [4.78, 5) is 4.31. The van der Waals surface area contributed by atoms with E-state index in [4.69, 9.17) is 9.15 Å². The number of nitrogens with zero attached hydrogens (tertiary/aromatic N) is 3. The van der Waals surface area contributed by atoms with Crippen molar-refractivity contribution < 1.29 is 9.15 Å². The molecule has 1 aromatic carbocycles.